The van der Waals surface area contributed by atoms with Crippen LogP contribution in [0.2, 0.25) is 0 Å². The van der Waals surface area contributed by atoms with Gasteiger partial charge in [0, 0.05) is 5.56 Å². The van der Waals surface area contributed by atoms with Gasteiger partial charge in [0.1, 0.15) is 0 Å². The molecule has 1 atom stereocenters. The molecule has 0 fully saturated rings. The number of carboxylic acid groups (broad SMARTS) is 1. The van der Waals surface area contributed by atoms with Crippen LogP contribution in [0.15, 0.2) is 12.1 Å². The van der Waals surface area contributed by atoms with Crippen LogP contribution in [0.25, 0.3) is 0 Å². The van der Waals surface area contributed by atoms with E-state index in [1.54, 1.807) is 0 Å². The van der Waals surface area contributed by atoms with Gasteiger partial charge in [-0.15, -0.1) is 0 Å². The van der Waals surface area contributed by atoms with E-state index in [9.17, 15) is 9.59 Å². The monoisotopic (exact) mass is 284 g/mol. The molecule has 0 heterocycles. The molecule has 0 saturated heterocycles. The van der Waals surface area contributed by atoms with Gasteiger partial charge in [-0.3, -0.25) is 4.79 Å². The average molecular weight is 284 g/mol. The zero-order chi connectivity index (χ0) is 15.3. The Morgan fingerprint density at radius 2 is 1.55 bits per heavy atom. The molecular formula is C13H16O7. The van der Waals surface area contributed by atoms with Crippen LogP contribution in [0.1, 0.15) is 17.3 Å². The van der Waals surface area contributed by atoms with Gasteiger partial charge in [0.25, 0.3) is 0 Å². The lowest BCUT2D eigenvalue weighted by Crippen LogP contribution is -2.23. The number of hydrogen-bond donors (Lipinski definition) is 1. The molecule has 0 aliphatic carbocycles. The van der Waals surface area contributed by atoms with Crippen LogP contribution in [0.3, 0.4) is 0 Å². The fourth-order valence-corrected chi connectivity index (χ4v) is 1.66. The molecule has 1 aromatic carbocycles. The third kappa shape index (κ3) is 3.31. The van der Waals surface area contributed by atoms with Crippen LogP contribution in [0.5, 0.6) is 17.2 Å². The molecule has 0 aliphatic rings. The Morgan fingerprint density at radius 3 is 1.90 bits per heavy atom. The van der Waals surface area contributed by atoms with Crippen molar-refractivity contribution in [1.29, 1.82) is 0 Å². The smallest absolute Gasteiger partial charge is 0.493 e. The number of methoxy groups -OCH3 is 3. The van der Waals surface area contributed by atoms with Crippen molar-refractivity contribution in [2.45, 2.75) is 13.0 Å². The van der Waals surface area contributed by atoms with Crippen molar-refractivity contribution in [3.63, 3.8) is 0 Å². The van der Waals surface area contributed by atoms with E-state index in [4.69, 9.17) is 19.3 Å². The van der Waals surface area contributed by atoms with Crippen molar-refractivity contribution in [1.82, 2.24) is 0 Å². The molecule has 0 spiro atoms. The second kappa shape index (κ2) is 6.65. The minimum Gasteiger partial charge on any atom is -0.493 e. The zero-order valence-electron chi connectivity index (χ0n) is 11.6. The Kier molecular flexibility index (Phi) is 5.19. The molecule has 0 aliphatic heterocycles. The Hall–Kier alpha value is -2.44. The Labute approximate surface area is 116 Å². The zero-order valence-corrected chi connectivity index (χ0v) is 11.6. The molecule has 1 N–H and O–H groups in total. The summed E-state index contributed by atoms with van der Waals surface area (Å²) in [6.07, 6.45) is -2.64. The fraction of sp³-hybridized carbons (Fsp3) is 0.385. The molecule has 20 heavy (non-hydrogen) atoms. The molecule has 0 amide bonds. The fourth-order valence-electron chi connectivity index (χ4n) is 1.66. The molecule has 0 aromatic heterocycles. The summed E-state index contributed by atoms with van der Waals surface area (Å²) in [5.41, 5.74) is 0.202. The van der Waals surface area contributed by atoms with Gasteiger partial charge in [-0.1, -0.05) is 0 Å². The van der Waals surface area contributed by atoms with Crippen molar-refractivity contribution in [3.8, 4) is 17.2 Å². The van der Waals surface area contributed by atoms with Crippen molar-refractivity contribution in [3.05, 3.63) is 17.7 Å². The van der Waals surface area contributed by atoms with Gasteiger partial charge in [-0.25, -0.2) is 4.79 Å². The maximum Gasteiger partial charge on any atom is 0.506 e. The van der Waals surface area contributed by atoms with E-state index >= 15 is 0 Å². The van der Waals surface area contributed by atoms with Crippen molar-refractivity contribution >= 4 is 11.9 Å². The van der Waals surface area contributed by atoms with E-state index in [2.05, 4.69) is 4.74 Å². The first kappa shape index (κ1) is 15.6. The number of carbonyl (C=O) groups is 2. The minimum atomic E-state index is -1.52. The first-order valence-electron chi connectivity index (χ1n) is 5.68. The SMILES string of the molecule is COc1cc(C(=O)C(C)OC(=O)O)cc(OC)c1OC. The van der Waals surface area contributed by atoms with Crippen LogP contribution < -0.4 is 14.2 Å². The largest absolute Gasteiger partial charge is 0.506 e. The predicted molar refractivity (Wildman–Crippen MR) is 69.0 cm³/mol. The highest BCUT2D eigenvalue weighted by Gasteiger charge is 2.23. The number of hydrogen-bond acceptors (Lipinski definition) is 6. The Morgan fingerprint density at radius 1 is 1.05 bits per heavy atom. The lowest BCUT2D eigenvalue weighted by atomic mass is 10.1. The quantitative estimate of drug-likeness (QED) is 0.630. The summed E-state index contributed by atoms with van der Waals surface area (Å²) in [4.78, 5) is 22.5. The van der Waals surface area contributed by atoms with Crippen LogP contribution in [0.4, 0.5) is 4.79 Å². The van der Waals surface area contributed by atoms with Gasteiger partial charge < -0.3 is 24.1 Å². The summed E-state index contributed by atoms with van der Waals surface area (Å²) in [5.74, 6) is 0.445. The van der Waals surface area contributed by atoms with Crippen molar-refractivity contribution < 1.29 is 33.6 Å². The number of carbonyl (C=O) groups excluding carboxylic acids is 1. The molecule has 1 aromatic rings. The molecule has 0 radical (unpaired) electrons. The second-order valence-electron chi connectivity index (χ2n) is 3.80. The third-order valence-electron chi connectivity index (χ3n) is 2.60. The van der Waals surface area contributed by atoms with Gasteiger partial charge in [0.2, 0.25) is 11.5 Å². The van der Waals surface area contributed by atoms with Gasteiger partial charge in [0.05, 0.1) is 21.3 Å². The number of ketones is 1. The highest BCUT2D eigenvalue weighted by molar-refractivity contribution is 6.01. The molecule has 7 heteroatoms. The summed E-state index contributed by atoms with van der Waals surface area (Å²) in [7, 11) is 4.28. The summed E-state index contributed by atoms with van der Waals surface area (Å²) < 4.78 is 19.8. The summed E-state index contributed by atoms with van der Waals surface area (Å²) in [6.45, 7) is 1.35. The first-order chi connectivity index (χ1) is 9.44. The third-order valence-corrected chi connectivity index (χ3v) is 2.60. The highest BCUT2D eigenvalue weighted by atomic mass is 16.7. The lowest BCUT2D eigenvalue weighted by molar-refractivity contribution is 0.0473. The van der Waals surface area contributed by atoms with E-state index in [1.807, 2.05) is 0 Å². The van der Waals surface area contributed by atoms with E-state index in [1.165, 1.54) is 40.4 Å². The van der Waals surface area contributed by atoms with Crippen molar-refractivity contribution in [2.75, 3.05) is 21.3 Å². The molecule has 7 nitrogen and oxygen atoms in total. The van der Waals surface area contributed by atoms with Crippen LogP contribution >= 0.6 is 0 Å². The summed E-state index contributed by atoms with van der Waals surface area (Å²) in [6, 6.07) is 2.87. The van der Waals surface area contributed by atoms with E-state index in [0.29, 0.717) is 17.2 Å². The number of Topliss-reactive ketones (excluding diaryl/α,β-unsaturated/α-hetero) is 1. The lowest BCUT2D eigenvalue weighted by Gasteiger charge is -2.15. The van der Waals surface area contributed by atoms with Crippen LogP contribution in [-0.2, 0) is 4.74 Å². The maximum atomic E-state index is 12.1. The standard InChI is InChI=1S/C13H16O7/c1-7(20-13(15)16)11(14)8-5-9(17-2)12(19-4)10(6-8)18-3/h5-7H,1-4H3,(H,15,16). The molecule has 1 rings (SSSR count). The van der Waals surface area contributed by atoms with Crippen LogP contribution in [0, 0.1) is 0 Å². The summed E-state index contributed by atoms with van der Waals surface area (Å²) in [5, 5.41) is 8.52. The topological polar surface area (TPSA) is 91.3 Å². The van der Waals surface area contributed by atoms with E-state index < -0.39 is 18.0 Å². The Bertz CT molecular complexity index is 484. The maximum absolute atomic E-state index is 12.1. The van der Waals surface area contributed by atoms with Gasteiger partial charge in [-0.2, -0.15) is 0 Å². The van der Waals surface area contributed by atoms with Crippen LogP contribution in [-0.4, -0.2) is 44.5 Å². The van der Waals surface area contributed by atoms with Gasteiger partial charge in [-0.05, 0) is 19.1 Å². The number of rotatable bonds is 6. The Balaban J connectivity index is 3.18. The second-order valence-corrected chi connectivity index (χ2v) is 3.80. The van der Waals surface area contributed by atoms with E-state index in [0.717, 1.165) is 0 Å². The molecular weight excluding hydrogens is 268 g/mol. The average Bonchev–Trinajstić information content (AvgIpc) is 2.43. The number of benzene rings is 1. The van der Waals surface area contributed by atoms with Gasteiger partial charge in [0.15, 0.2) is 17.6 Å². The molecule has 1 unspecified atom stereocenters. The normalized spacial score (nSPS) is 11.4. The van der Waals surface area contributed by atoms with Crippen molar-refractivity contribution in [2.24, 2.45) is 0 Å². The van der Waals surface area contributed by atoms with Gasteiger partial charge >= 0.3 is 6.16 Å². The predicted octanol–water partition coefficient (Wildman–Crippen LogP) is 1.98. The minimum absolute atomic E-state index is 0.202. The number of ether oxygens (including phenoxy) is 4. The molecule has 0 saturated carbocycles. The van der Waals surface area contributed by atoms with E-state index in [-0.39, 0.29) is 5.56 Å². The highest BCUT2D eigenvalue weighted by Crippen LogP contribution is 2.38. The first-order valence-corrected chi connectivity index (χ1v) is 5.68. The molecule has 0 bridgehead atoms. The molecule has 110 valence electrons. The summed E-state index contributed by atoms with van der Waals surface area (Å²) >= 11 is 0.